The molecule has 0 unspecified atom stereocenters. The van der Waals surface area contributed by atoms with E-state index in [1.165, 1.54) is 12.0 Å². The number of likely N-dealkylation sites (tertiary alicyclic amines) is 1. The van der Waals surface area contributed by atoms with Crippen molar-refractivity contribution in [1.82, 2.24) is 10.2 Å². The Bertz CT molecular complexity index is 505. The first-order chi connectivity index (χ1) is 11.2. The molecule has 1 saturated heterocycles. The van der Waals surface area contributed by atoms with Crippen LogP contribution < -0.4 is 5.32 Å². The Morgan fingerprint density at radius 2 is 2.00 bits per heavy atom. The van der Waals surface area contributed by atoms with Crippen molar-refractivity contribution in [3.63, 3.8) is 0 Å². The van der Waals surface area contributed by atoms with E-state index in [0.717, 1.165) is 38.6 Å². The van der Waals surface area contributed by atoms with Gasteiger partial charge in [-0.25, -0.2) is 4.79 Å². The summed E-state index contributed by atoms with van der Waals surface area (Å²) < 4.78 is 0. The van der Waals surface area contributed by atoms with E-state index in [9.17, 15) is 9.90 Å². The molecular formula is C19H28N2O2. The summed E-state index contributed by atoms with van der Waals surface area (Å²) in [4.78, 5) is 14.3. The lowest BCUT2D eigenvalue weighted by Gasteiger charge is -2.32. The molecule has 2 fully saturated rings. The highest BCUT2D eigenvalue weighted by atomic mass is 16.3. The van der Waals surface area contributed by atoms with Crippen LogP contribution in [-0.4, -0.2) is 41.8 Å². The van der Waals surface area contributed by atoms with Crippen molar-refractivity contribution in [2.75, 3.05) is 19.7 Å². The Morgan fingerprint density at radius 3 is 2.78 bits per heavy atom. The van der Waals surface area contributed by atoms with Crippen molar-refractivity contribution < 1.29 is 9.90 Å². The van der Waals surface area contributed by atoms with Crippen LogP contribution in [0.3, 0.4) is 0 Å². The monoisotopic (exact) mass is 316 g/mol. The average molecular weight is 316 g/mol. The molecule has 4 heteroatoms. The number of carbonyl (C=O) groups excluding carboxylic acids is 1. The lowest BCUT2D eigenvalue weighted by atomic mass is 9.98. The van der Waals surface area contributed by atoms with Crippen LogP contribution in [0.15, 0.2) is 30.3 Å². The van der Waals surface area contributed by atoms with Gasteiger partial charge in [-0.1, -0.05) is 30.3 Å². The molecule has 23 heavy (non-hydrogen) atoms. The van der Waals surface area contributed by atoms with Crippen LogP contribution in [0.4, 0.5) is 4.79 Å². The van der Waals surface area contributed by atoms with Crippen LogP contribution in [0.25, 0.3) is 0 Å². The minimum atomic E-state index is 0.0634. The van der Waals surface area contributed by atoms with Crippen LogP contribution in [0.5, 0.6) is 0 Å². The van der Waals surface area contributed by atoms with Gasteiger partial charge in [0.15, 0.2) is 0 Å². The van der Waals surface area contributed by atoms with E-state index in [1.807, 2.05) is 4.90 Å². The normalized spacial score (nSPS) is 27.9. The van der Waals surface area contributed by atoms with Gasteiger partial charge in [-0.05, 0) is 55.9 Å². The molecule has 3 atom stereocenters. The first-order valence-electron chi connectivity index (χ1n) is 8.95. The van der Waals surface area contributed by atoms with Crippen molar-refractivity contribution >= 4 is 6.03 Å². The lowest BCUT2D eigenvalue weighted by Crippen LogP contribution is -2.48. The van der Waals surface area contributed by atoms with E-state index in [-0.39, 0.29) is 18.6 Å². The molecule has 1 heterocycles. The zero-order chi connectivity index (χ0) is 16.1. The van der Waals surface area contributed by atoms with E-state index < -0.39 is 0 Å². The molecule has 0 radical (unpaired) electrons. The number of hydrogen-bond donors (Lipinski definition) is 2. The van der Waals surface area contributed by atoms with Crippen molar-refractivity contribution in [3.05, 3.63) is 35.9 Å². The largest absolute Gasteiger partial charge is 0.396 e. The molecule has 0 bridgehead atoms. The minimum Gasteiger partial charge on any atom is -0.396 e. The van der Waals surface area contributed by atoms with Crippen LogP contribution in [0.2, 0.25) is 0 Å². The van der Waals surface area contributed by atoms with E-state index in [1.54, 1.807) is 0 Å². The van der Waals surface area contributed by atoms with Gasteiger partial charge in [-0.2, -0.15) is 0 Å². The molecule has 1 aromatic rings. The number of urea groups is 1. The number of aliphatic hydroxyl groups excluding tert-OH is 1. The Kier molecular flexibility index (Phi) is 5.55. The van der Waals surface area contributed by atoms with Gasteiger partial charge in [0.1, 0.15) is 0 Å². The number of piperidine rings is 1. The van der Waals surface area contributed by atoms with E-state index in [0.29, 0.717) is 18.5 Å². The first-order valence-corrected chi connectivity index (χ1v) is 8.95. The molecule has 2 aliphatic rings. The zero-order valence-corrected chi connectivity index (χ0v) is 13.8. The highest BCUT2D eigenvalue weighted by Crippen LogP contribution is 2.29. The van der Waals surface area contributed by atoms with Crippen molar-refractivity contribution in [3.8, 4) is 0 Å². The standard InChI is InChI=1S/C19H28N2O2/c22-14-17-7-4-10-21(13-17)19(23)20-18-9-8-16(12-18)11-15-5-2-1-3-6-15/h1-3,5-6,16-18,22H,4,7-14H2,(H,20,23)/t16-,17+,18-/m1/s1. The third-order valence-corrected chi connectivity index (χ3v) is 5.30. The van der Waals surface area contributed by atoms with E-state index >= 15 is 0 Å². The molecule has 3 rings (SSSR count). The molecular weight excluding hydrogens is 288 g/mol. The van der Waals surface area contributed by atoms with Crippen molar-refractivity contribution in [1.29, 1.82) is 0 Å². The van der Waals surface area contributed by atoms with Gasteiger partial charge in [-0.3, -0.25) is 0 Å². The van der Waals surface area contributed by atoms with Gasteiger partial charge in [0.25, 0.3) is 0 Å². The number of hydrogen-bond acceptors (Lipinski definition) is 2. The fraction of sp³-hybridized carbons (Fsp3) is 0.632. The van der Waals surface area contributed by atoms with Crippen LogP contribution in [0, 0.1) is 11.8 Å². The number of nitrogens with one attached hydrogen (secondary N) is 1. The van der Waals surface area contributed by atoms with Gasteiger partial charge < -0.3 is 15.3 Å². The summed E-state index contributed by atoms with van der Waals surface area (Å²) in [5.41, 5.74) is 1.39. The average Bonchev–Trinajstić information content (AvgIpc) is 3.02. The zero-order valence-electron chi connectivity index (χ0n) is 13.8. The van der Waals surface area contributed by atoms with Gasteiger partial charge >= 0.3 is 6.03 Å². The summed E-state index contributed by atoms with van der Waals surface area (Å²) in [5.74, 6) is 0.929. The van der Waals surface area contributed by atoms with E-state index in [2.05, 4.69) is 35.6 Å². The predicted molar refractivity (Wildman–Crippen MR) is 91.2 cm³/mol. The Hall–Kier alpha value is -1.55. The summed E-state index contributed by atoms with van der Waals surface area (Å²) in [6.07, 6.45) is 6.50. The first kappa shape index (κ1) is 16.3. The molecule has 1 aliphatic carbocycles. The van der Waals surface area contributed by atoms with Gasteiger partial charge in [0.2, 0.25) is 0 Å². The summed E-state index contributed by atoms with van der Waals surface area (Å²) in [5, 5.41) is 12.5. The molecule has 0 spiro atoms. The third-order valence-electron chi connectivity index (χ3n) is 5.30. The maximum absolute atomic E-state index is 12.4. The molecule has 126 valence electrons. The molecule has 2 N–H and O–H groups in total. The third kappa shape index (κ3) is 4.47. The Labute approximate surface area is 138 Å². The number of amides is 2. The van der Waals surface area contributed by atoms with Crippen LogP contribution in [-0.2, 0) is 6.42 Å². The van der Waals surface area contributed by atoms with Crippen LogP contribution in [0.1, 0.15) is 37.7 Å². The molecule has 2 amide bonds. The number of carbonyl (C=O) groups is 1. The maximum atomic E-state index is 12.4. The van der Waals surface area contributed by atoms with Gasteiger partial charge in [-0.15, -0.1) is 0 Å². The Morgan fingerprint density at radius 1 is 1.17 bits per heavy atom. The lowest BCUT2D eigenvalue weighted by molar-refractivity contribution is 0.128. The summed E-state index contributed by atoms with van der Waals surface area (Å²) in [6.45, 7) is 1.71. The topological polar surface area (TPSA) is 52.6 Å². The minimum absolute atomic E-state index is 0.0634. The molecule has 1 aliphatic heterocycles. The summed E-state index contributed by atoms with van der Waals surface area (Å²) in [6, 6.07) is 11.0. The van der Waals surface area contributed by atoms with Gasteiger partial charge in [0.05, 0.1) is 0 Å². The van der Waals surface area contributed by atoms with Crippen LogP contribution >= 0.6 is 0 Å². The number of benzene rings is 1. The number of nitrogens with zero attached hydrogens (tertiary/aromatic N) is 1. The predicted octanol–water partition coefficient (Wildman–Crippen LogP) is 2.81. The highest BCUT2D eigenvalue weighted by molar-refractivity contribution is 5.74. The summed E-state index contributed by atoms with van der Waals surface area (Å²) >= 11 is 0. The fourth-order valence-electron chi connectivity index (χ4n) is 4.00. The van der Waals surface area contributed by atoms with Crippen molar-refractivity contribution in [2.45, 2.75) is 44.6 Å². The molecule has 1 saturated carbocycles. The van der Waals surface area contributed by atoms with E-state index in [4.69, 9.17) is 0 Å². The fourth-order valence-corrected chi connectivity index (χ4v) is 4.00. The smallest absolute Gasteiger partial charge is 0.317 e. The second-order valence-corrected chi connectivity index (χ2v) is 7.15. The molecule has 4 nitrogen and oxygen atoms in total. The number of aliphatic hydroxyl groups is 1. The van der Waals surface area contributed by atoms with Crippen molar-refractivity contribution in [2.24, 2.45) is 11.8 Å². The maximum Gasteiger partial charge on any atom is 0.317 e. The number of rotatable bonds is 4. The second-order valence-electron chi connectivity index (χ2n) is 7.15. The summed E-state index contributed by atoms with van der Waals surface area (Å²) in [7, 11) is 0. The van der Waals surface area contributed by atoms with Gasteiger partial charge in [0, 0.05) is 25.7 Å². The Balaban J connectivity index is 1.45. The molecule has 0 aromatic heterocycles. The molecule has 1 aromatic carbocycles. The highest BCUT2D eigenvalue weighted by Gasteiger charge is 2.29. The second kappa shape index (κ2) is 7.82. The quantitative estimate of drug-likeness (QED) is 0.897. The SMILES string of the molecule is O=C(N[C@@H]1CC[C@H](Cc2ccccc2)C1)N1CCC[C@H](CO)C1.